The summed E-state index contributed by atoms with van der Waals surface area (Å²) >= 11 is 23.9. The van der Waals surface area contributed by atoms with Crippen LogP contribution >= 0.6 is 46.4 Å². The first kappa shape index (κ1) is 19.9. The Morgan fingerprint density at radius 1 is 1.04 bits per heavy atom. The Morgan fingerprint density at radius 2 is 1.64 bits per heavy atom. The van der Waals surface area contributed by atoms with Gasteiger partial charge in [-0.05, 0) is 24.1 Å². The van der Waals surface area contributed by atoms with Crippen LogP contribution in [0.3, 0.4) is 0 Å². The highest BCUT2D eigenvalue weighted by molar-refractivity contribution is 6.38. The van der Waals surface area contributed by atoms with E-state index in [1.165, 1.54) is 12.4 Å². The van der Waals surface area contributed by atoms with E-state index in [2.05, 4.69) is 20.9 Å². The highest BCUT2D eigenvalue weighted by Gasteiger charge is 2.10. The van der Waals surface area contributed by atoms with E-state index in [0.29, 0.717) is 44.6 Å². The summed E-state index contributed by atoms with van der Waals surface area (Å²) in [6, 6.07) is 4.48. The molecule has 0 saturated carbocycles. The zero-order chi connectivity index (χ0) is 18.4. The lowest BCUT2D eigenvalue weighted by molar-refractivity contribution is 0.250. The molecule has 1 aromatic heterocycles. The number of carbonyl (C=O) groups excluding carboxylic acids is 1. The first-order valence-electron chi connectivity index (χ1n) is 7.39. The molecule has 0 bridgehead atoms. The van der Waals surface area contributed by atoms with Crippen LogP contribution in [0.5, 0.6) is 0 Å². The van der Waals surface area contributed by atoms with Crippen LogP contribution in [-0.4, -0.2) is 24.1 Å². The number of pyridine rings is 1. The predicted octanol–water partition coefficient (Wildman–Crippen LogP) is 5.56. The third-order valence-corrected chi connectivity index (χ3v) is 4.22. The Morgan fingerprint density at radius 3 is 2.24 bits per heavy atom. The standard InChI is InChI=1S/C16H16Cl4N4O/c1-9(5-22-15-13(19)7-21-8-14(15)20)6-23-16(25)24-12-3-10(17)2-11(18)4-12/h2-4,7-9H,5-6H2,1H3,(H,21,22)(H2,23,24,25). The zero-order valence-corrected chi connectivity index (χ0v) is 16.3. The van der Waals surface area contributed by atoms with Crippen molar-refractivity contribution >= 4 is 63.8 Å². The van der Waals surface area contributed by atoms with Gasteiger partial charge >= 0.3 is 6.03 Å². The molecule has 5 nitrogen and oxygen atoms in total. The zero-order valence-electron chi connectivity index (χ0n) is 13.2. The third kappa shape index (κ3) is 6.44. The van der Waals surface area contributed by atoms with Crippen LogP contribution in [0, 0.1) is 5.92 Å². The van der Waals surface area contributed by atoms with Gasteiger partial charge in [0.25, 0.3) is 0 Å². The minimum Gasteiger partial charge on any atom is -0.382 e. The number of urea groups is 1. The van der Waals surface area contributed by atoms with Crippen molar-refractivity contribution in [3.63, 3.8) is 0 Å². The molecule has 134 valence electrons. The second-order valence-electron chi connectivity index (χ2n) is 5.46. The van der Waals surface area contributed by atoms with Crippen molar-refractivity contribution in [3.05, 3.63) is 50.7 Å². The van der Waals surface area contributed by atoms with E-state index in [0.717, 1.165) is 0 Å². The highest BCUT2D eigenvalue weighted by Crippen LogP contribution is 2.28. The summed E-state index contributed by atoms with van der Waals surface area (Å²) in [6.07, 6.45) is 3.03. The Kier molecular flexibility index (Phi) is 7.44. The van der Waals surface area contributed by atoms with Crippen LogP contribution in [0.1, 0.15) is 6.92 Å². The van der Waals surface area contributed by atoms with Crippen LogP contribution in [0.2, 0.25) is 20.1 Å². The summed E-state index contributed by atoms with van der Waals surface area (Å²) in [5.74, 6) is 0.133. The molecule has 0 aliphatic heterocycles. The molecule has 1 heterocycles. The summed E-state index contributed by atoms with van der Waals surface area (Å²) in [6.45, 7) is 3.01. The summed E-state index contributed by atoms with van der Waals surface area (Å²) in [4.78, 5) is 15.8. The maximum absolute atomic E-state index is 11.9. The average Bonchev–Trinajstić information content (AvgIpc) is 2.51. The van der Waals surface area contributed by atoms with E-state index in [4.69, 9.17) is 46.4 Å². The molecule has 3 N–H and O–H groups in total. The van der Waals surface area contributed by atoms with Gasteiger partial charge in [-0.2, -0.15) is 0 Å². The van der Waals surface area contributed by atoms with Gasteiger partial charge in [-0.25, -0.2) is 4.79 Å². The predicted molar refractivity (Wildman–Crippen MR) is 105 cm³/mol. The van der Waals surface area contributed by atoms with E-state index in [-0.39, 0.29) is 11.9 Å². The number of anilines is 2. The van der Waals surface area contributed by atoms with Gasteiger partial charge in [0.2, 0.25) is 0 Å². The highest BCUT2D eigenvalue weighted by atomic mass is 35.5. The minimum atomic E-state index is -0.342. The molecule has 1 aromatic carbocycles. The Hall–Kier alpha value is -1.40. The lowest BCUT2D eigenvalue weighted by Crippen LogP contribution is -2.34. The molecule has 2 aromatic rings. The Labute approximate surface area is 166 Å². The smallest absolute Gasteiger partial charge is 0.319 e. The van der Waals surface area contributed by atoms with Gasteiger partial charge in [-0.3, -0.25) is 4.98 Å². The van der Waals surface area contributed by atoms with E-state index >= 15 is 0 Å². The monoisotopic (exact) mass is 420 g/mol. The fourth-order valence-corrected chi connectivity index (χ4v) is 3.02. The first-order chi connectivity index (χ1) is 11.8. The van der Waals surface area contributed by atoms with Crippen LogP contribution < -0.4 is 16.0 Å². The number of benzene rings is 1. The van der Waals surface area contributed by atoms with Crippen molar-refractivity contribution < 1.29 is 4.79 Å². The molecule has 0 aliphatic rings. The number of hydrogen-bond donors (Lipinski definition) is 3. The maximum Gasteiger partial charge on any atom is 0.319 e. The summed E-state index contributed by atoms with van der Waals surface area (Å²) in [7, 11) is 0. The van der Waals surface area contributed by atoms with Gasteiger partial charge in [0, 0.05) is 41.2 Å². The molecule has 0 fully saturated rings. The van der Waals surface area contributed by atoms with Crippen LogP contribution in [0.15, 0.2) is 30.6 Å². The summed E-state index contributed by atoms with van der Waals surface area (Å²) in [5.41, 5.74) is 1.15. The minimum absolute atomic E-state index is 0.133. The average molecular weight is 422 g/mol. The van der Waals surface area contributed by atoms with Crippen molar-refractivity contribution in [2.45, 2.75) is 6.92 Å². The Balaban J connectivity index is 1.79. The molecule has 1 atom stereocenters. The molecule has 2 amide bonds. The topological polar surface area (TPSA) is 66.1 Å². The van der Waals surface area contributed by atoms with Crippen molar-refractivity contribution in [1.29, 1.82) is 0 Å². The number of nitrogens with one attached hydrogen (secondary N) is 3. The molecule has 2 rings (SSSR count). The van der Waals surface area contributed by atoms with Gasteiger partial charge in [-0.15, -0.1) is 0 Å². The van der Waals surface area contributed by atoms with Gasteiger partial charge in [-0.1, -0.05) is 53.3 Å². The molecule has 0 radical (unpaired) electrons. The van der Waals surface area contributed by atoms with Crippen LogP contribution in [0.25, 0.3) is 0 Å². The summed E-state index contributed by atoms with van der Waals surface area (Å²) < 4.78 is 0. The molecular weight excluding hydrogens is 406 g/mol. The number of halogens is 4. The van der Waals surface area contributed by atoms with E-state index in [9.17, 15) is 4.79 Å². The fraction of sp³-hybridized carbons (Fsp3) is 0.250. The van der Waals surface area contributed by atoms with Gasteiger partial charge in [0.05, 0.1) is 15.7 Å². The number of amides is 2. The number of aromatic nitrogens is 1. The van der Waals surface area contributed by atoms with Crippen LogP contribution in [0.4, 0.5) is 16.2 Å². The lowest BCUT2D eigenvalue weighted by Gasteiger charge is -2.16. The second-order valence-corrected chi connectivity index (χ2v) is 7.14. The fourth-order valence-electron chi connectivity index (χ4n) is 2.00. The molecular formula is C16H16Cl4N4O. The van der Waals surface area contributed by atoms with Gasteiger partial charge < -0.3 is 16.0 Å². The largest absolute Gasteiger partial charge is 0.382 e. The van der Waals surface area contributed by atoms with Crippen molar-refractivity contribution in [2.24, 2.45) is 5.92 Å². The number of carbonyl (C=O) groups is 1. The molecule has 0 spiro atoms. The normalized spacial score (nSPS) is 11.7. The molecule has 9 heteroatoms. The summed E-state index contributed by atoms with van der Waals surface area (Å²) in [5, 5.41) is 10.4. The molecule has 1 unspecified atom stereocenters. The Bertz CT molecular complexity index is 716. The third-order valence-electron chi connectivity index (χ3n) is 3.21. The van der Waals surface area contributed by atoms with E-state index < -0.39 is 0 Å². The SMILES string of the molecule is CC(CNC(=O)Nc1cc(Cl)cc(Cl)c1)CNc1c(Cl)cncc1Cl. The van der Waals surface area contributed by atoms with Gasteiger partial charge in [0.15, 0.2) is 0 Å². The molecule has 0 saturated heterocycles. The second kappa shape index (κ2) is 9.34. The lowest BCUT2D eigenvalue weighted by atomic mass is 10.2. The first-order valence-corrected chi connectivity index (χ1v) is 8.90. The van der Waals surface area contributed by atoms with Crippen LogP contribution in [-0.2, 0) is 0 Å². The number of nitrogens with zero attached hydrogens (tertiary/aromatic N) is 1. The number of rotatable bonds is 6. The quantitative estimate of drug-likeness (QED) is 0.571. The molecule has 25 heavy (non-hydrogen) atoms. The van der Waals surface area contributed by atoms with E-state index in [1.54, 1.807) is 18.2 Å². The van der Waals surface area contributed by atoms with E-state index in [1.807, 2.05) is 6.92 Å². The molecule has 0 aliphatic carbocycles. The van der Waals surface area contributed by atoms with Crippen molar-refractivity contribution in [2.75, 3.05) is 23.7 Å². The van der Waals surface area contributed by atoms with Crippen molar-refractivity contribution in [1.82, 2.24) is 10.3 Å². The van der Waals surface area contributed by atoms with Crippen molar-refractivity contribution in [3.8, 4) is 0 Å². The van der Waals surface area contributed by atoms with Gasteiger partial charge in [0.1, 0.15) is 0 Å². The number of hydrogen-bond acceptors (Lipinski definition) is 3. The maximum atomic E-state index is 11.9.